The largest absolute Gasteiger partial charge is 0.465 e. The van der Waals surface area contributed by atoms with Gasteiger partial charge in [-0.25, -0.2) is 4.79 Å². The number of benzene rings is 2. The van der Waals surface area contributed by atoms with Crippen LogP contribution in [0.3, 0.4) is 0 Å². The molecule has 9 nitrogen and oxygen atoms in total. The Morgan fingerprint density at radius 1 is 0.762 bits per heavy atom. The Kier molecular flexibility index (Phi) is 6.02. The lowest BCUT2D eigenvalue weighted by Crippen LogP contribution is -2.09. The van der Waals surface area contributed by atoms with Gasteiger partial charge in [0.25, 0.3) is 11.1 Å². The standard InChI is InChI=1S/C17H12N2O3.C16H12N2O2/c1-22-17(21)10-5-2-4-9-12(10)8-13-14-11(6-3-7-18-14)16(20)19-15(9)13;19-8-9-3-1-4-10-12(9)7-13-14-11(5-2-6-17-14)16(20)18-15(10)13/h2-7H,8H2,1H3,(H,19,20);1-6,19H,7-8H2,(H,18,20). The van der Waals surface area contributed by atoms with Crippen LogP contribution in [0, 0.1) is 0 Å². The number of aromatic amines is 2. The highest BCUT2D eigenvalue weighted by Gasteiger charge is 2.28. The number of nitrogens with one attached hydrogen (secondary N) is 2. The number of pyridine rings is 4. The van der Waals surface area contributed by atoms with Gasteiger partial charge in [0, 0.05) is 47.5 Å². The maximum atomic E-state index is 12.2. The molecule has 0 amide bonds. The van der Waals surface area contributed by atoms with Gasteiger partial charge >= 0.3 is 5.97 Å². The number of carbonyl (C=O) groups is 1. The first-order chi connectivity index (χ1) is 20.5. The molecule has 3 N–H and O–H groups in total. The molecule has 0 fully saturated rings. The Hall–Kier alpha value is -5.41. The third kappa shape index (κ3) is 3.86. The molecule has 2 aliphatic rings. The van der Waals surface area contributed by atoms with Crippen LogP contribution in [-0.2, 0) is 24.2 Å². The van der Waals surface area contributed by atoms with E-state index in [1.54, 1.807) is 48.8 Å². The van der Waals surface area contributed by atoms with Gasteiger partial charge in [-0.2, -0.15) is 0 Å². The van der Waals surface area contributed by atoms with Crippen molar-refractivity contribution in [2.75, 3.05) is 7.11 Å². The number of ether oxygens (including phenoxy) is 1. The van der Waals surface area contributed by atoms with Gasteiger partial charge in [-0.05, 0) is 47.0 Å². The summed E-state index contributed by atoms with van der Waals surface area (Å²) in [6.07, 6.45) is 4.64. The van der Waals surface area contributed by atoms with Crippen LogP contribution in [0.25, 0.3) is 44.3 Å². The van der Waals surface area contributed by atoms with Gasteiger partial charge in [0.1, 0.15) is 0 Å². The number of carbonyl (C=O) groups excluding carboxylic acids is 1. The summed E-state index contributed by atoms with van der Waals surface area (Å²) in [5.41, 5.74) is 9.98. The Labute approximate surface area is 238 Å². The first-order valence-corrected chi connectivity index (χ1v) is 13.4. The maximum absolute atomic E-state index is 12.2. The summed E-state index contributed by atoms with van der Waals surface area (Å²) in [7, 11) is 1.36. The van der Waals surface area contributed by atoms with Crippen LogP contribution in [-0.4, -0.2) is 38.1 Å². The van der Waals surface area contributed by atoms with Gasteiger partial charge in [-0.3, -0.25) is 19.6 Å². The van der Waals surface area contributed by atoms with E-state index in [-0.39, 0.29) is 23.7 Å². The molecule has 4 aromatic heterocycles. The zero-order valence-corrected chi connectivity index (χ0v) is 22.5. The highest BCUT2D eigenvalue weighted by Crippen LogP contribution is 2.40. The normalized spacial score (nSPS) is 12.2. The number of aliphatic hydroxyl groups is 1. The molecule has 9 heteroatoms. The Morgan fingerprint density at radius 2 is 1.31 bits per heavy atom. The molecule has 0 bridgehead atoms. The van der Waals surface area contributed by atoms with Crippen molar-refractivity contribution in [3.63, 3.8) is 0 Å². The summed E-state index contributed by atoms with van der Waals surface area (Å²) in [5.74, 6) is -0.371. The van der Waals surface area contributed by atoms with Crippen LogP contribution in [0.5, 0.6) is 0 Å². The molecule has 0 radical (unpaired) electrons. The van der Waals surface area contributed by atoms with Crippen molar-refractivity contribution in [1.29, 1.82) is 0 Å². The molecule has 0 atom stereocenters. The zero-order chi connectivity index (χ0) is 29.0. The Morgan fingerprint density at radius 3 is 1.88 bits per heavy atom. The fraction of sp³-hybridized carbons (Fsp3) is 0.121. The summed E-state index contributed by atoms with van der Waals surface area (Å²) in [5, 5.41) is 10.6. The average Bonchev–Trinajstić information content (AvgIpc) is 3.60. The van der Waals surface area contributed by atoms with E-state index in [4.69, 9.17) is 4.74 Å². The number of aromatic nitrogens is 4. The molecule has 0 aliphatic heterocycles. The molecule has 42 heavy (non-hydrogen) atoms. The first kappa shape index (κ1) is 25.6. The predicted octanol–water partition coefficient (Wildman–Crippen LogP) is 4.27. The third-order valence-electron chi connectivity index (χ3n) is 8.03. The minimum absolute atomic E-state index is 0.00670. The van der Waals surface area contributed by atoms with Gasteiger partial charge in [0.15, 0.2) is 0 Å². The first-order valence-electron chi connectivity index (χ1n) is 13.4. The van der Waals surface area contributed by atoms with Crippen molar-refractivity contribution in [1.82, 2.24) is 19.9 Å². The Balaban J connectivity index is 0.000000138. The van der Waals surface area contributed by atoms with Crippen molar-refractivity contribution in [3.8, 4) is 22.5 Å². The van der Waals surface area contributed by atoms with Crippen molar-refractivity contribution in [2.45, 2.75) is 19.4 Å². The average molecular weight is 557 g/mol. The van der Waals surface area contributed by atoms with Crippen molar-refractivity contribution in [3.05, 3.63) is 127 Å². The molecule has 4 heterocycles. The molecule has 2 aromatic carbocycles. The van der Waals surface area contributed by atoms with Gasteiger partial charge < -0.3 is 19.8 Å². The third-order valence-corrected chi connectivity index (χ3v) is 8.03. The van der Waals surface area contributed by atoms with Gasteiger partial charge in [0.2, 0.25) is 0 Å². The molecule has 206 valence electrons. The number of aliphatic hydroxyl groups excluding tert-OH is 1. The molecule has 6 aromatic rings. The number of esters is 1. The van der Waals surface area contributed by atoms with Crippen LogP contribution in [0.1, 0.15) is 38.2 Å². The highest BCUT2D eigenvalue weighted by molar-refractivity contribution is 5.97. The number of nitrogens with zero attached hydrogens (tertiary/aromatic N) is 2. The summed E-state index contributed by atoms with van der Waals surface area (Å²) < 4.78 is 4.85. The topological polar surface area (TPSA) is 138 Å². The second-order valence-electron chi connectivity index (χ2n) is 10.2. The number of H-pyrrole nitrogens is 2. The minimum Gasteiger partial charge on any atom is -0.465 e. The SMILES string of the molecule is COC(=O)c1cccc2c1Cc1c-2[nH]c(=O)c2cccnc12.O=c1[nH]c2c(c3ncccc13)Cc1c(CO)cccc1-2. The highest BCUT2D eigenvalue weighted by atomic mass is 16.5. The van der Waals surface area contributed by atoms with Crippen molar-refractivity contribution in [2.24, 2.45) is 0 Å². The van der Waals surface area contributed by atoms with E-state index in [0.717, 1.165) is 55.8 Å². The van der Waals surface area contributed by atoms with Crippen LogP contribution in [0.4, 0.5) is 0 Å². The van der Waals surface area contributed by atoms with E-state index >= 15 is 0 Å². The van der Waals surface area contributed by atoms with Gasteiger partial charge in [0.05, 0.1) is 52.5 Å². The van der Waals surface area contributed by atoms with E-state index in [1.165, 1.54) is 7.11 Å². The van der Waals surface area contributed by atoms with E-state index in [2.05, 4.69) is 19.9 Å². The van der Waals surface area contributed by atoms with E-state index in [0.29, 0.717) is 34.7 Å². The summed E-state index contributed by atoms with van der Waals surface area (Å²) in [6.45, 7) is 0.00670. The molecule has 0 saturated carbocycles. The molecule has 0 spiro atoms. The number of hydrogen-bond donors (Lipinski definition) is 3. The lowest BCUT2D eigenvalue weighted by molar-refractivity contribution is 0.0599. The van der Waals surface area contributed by atoms with Crippen LogP contribution >= 0.6 is 0 Å². The fourth-order valence-electron chi connectivity index (χ4n) is 6.10. The lowest BCUT2D eigenvalue weighted by Gasteiger charge is -2.05. The molecular formula is C33H24N4O5. The van der Waals surface area contributed by atoms with E-state index in [1.807, 2.05) is 24.3 Å². The molecule has 2 aliphatic carbocycles. The Bertz CT molecular complexity index is 2200. The van der Waals surface area contributed by atoms with Crippen LogP contribution in [0.2, 0.25) is 0 Å². The predicted molar refractivity (Wildman–Crippen MR) is 158 cm³/mol. The van der Waals surface area contributed by atoms with Gasteiger partial charge in [-0.1, -0.05) is 30.3 Å². The summed E-state index contributed by atoms with van der Waals surface area (Å²) in [4.78, 5) is 50.9. The van der Waals surface area contributed by atoms with Gasteiger partial charge in [-0.15, -0.1) is 0 Å². The number of fused-ring (bicyclic) bond motifs is 10. The zero-order valence-electron chi connectivity index (χ0n) is 22.5. The molecular weight excluding hydrogens is 532 g/mol. The van der Waals surface area contributed by atoms with Crippen molar-refractivity contribution >= 4 is 27.8 Å². The number of methoxy groups -OCH3 is 1. The maximum Gasteiger partial charge on any atom is 0.338 e. The quantitative estimate of drug-likeness (QED) is 0.270. The van der Waals surface area contributed by atoms with Crippen molar-refractivity contribution < 1.29 is 14.6 Å². The van der Waals surface area contributed by atoms with E-state index in [9.17, 15) is 19.5 Å². The lowest BCUT2D eigenvalue weighted by atomic mass is 10.0. The number of hydrogen-bond acceptors (Lipinski definition) is 7. The monoisotopic (exact) mass is 556 g/mol. The number of rotatable bonds is 2. The molecule has 8 rings (SSSR count). The van der Waals surface area contributed by atoms with Crippen LogP contribution < -0.4 is 11.1 Å². The summed E-state index contributed by atoms with van der Waals surface area (Å²) in [6, 6.07) is 18.3. The second-order valence-corrected chi connectivity index (χ2v) is 10.2. The fourth-order valence-corrected chi connectivity index (χ4v) is 6.10. The second kappa shape index (κ2) is 9.90. The van der Waals surface area contributed by atoms with Crippen LogP contribution in [0.15, 0.2) is 82.6 Å². The summed E-state index contributed by atoms with van der Waals surface area (Å²) >= 11 is 0. The van der Waals surface area contributed by atoms with E-state index < -0.39 is 0 Å². The smallest absolute Gasteiger partial charge is 0.338 e. The molecule has 0 unspecified atom stereocenters. The molecule has 0 saturated heterocycles. The minimum atomic E-state index is -0.371.